The summed E-state index contributed by atoms with van der Waals surface area (Å²) in [4.78, 5) is 69.7. The van der Waals surface area contributed by atoms with Gasteiger partial charge in [0.1, 0.15) is 11.6 Å². The summed E-state index contributed by atoms with van der Waals surface area (Å²) < 4.78 is 26.1. The number of hydrogen-bond donors (Lipinski definition) is 3. The van der Waals surface area contributed by atoms with E-state index in [1.807, 2.05) is 37.8 Å². The van der Waals surface area contributed by atoms with Crippen molar-refractivity contribution in [2.24, 2.45) is 5.92 Å². The number of nitrogens with zero attached hydrogens (tertiary/aromatic N) is 7. The zero-order valence-corrected chi connectivity index (χ0v) is 36.2. The number of piperazine rings is 1. The Morgan fingerprint density at radius 3 is 2.37 bits per heavy atom. The van der Waals surface area contributed by atoms with Gasteiger partial charge in [0.15, 0.2) is 0 Å². The summed E-state index contributed by atoms with van der Waals surface area (Å²) in [5.41, 5.74) is 5.07. The normalized spacial score (nSPS) is 17.7. The van der Waals surface area contributed by atoms with Gasteiger partial charge in [0.25, 0.3) is 5.91 Å². The lowest BCUT2D eigenvalue weighted by Crippen LogP contribution is -2.56. The number of piperidine rings is 1. The number of hydrogen-bond acceptors (Lipinski definition) is 11. The lowest BCUT2D eigenvalue weighted by molar-refractivity contribution is -0.120. The second-order valence-electron chi connectivity index (χ2n) is 16.9. The molecule has 4 aliphatic rings. The molecule has 0 saturated carbocycles. The molecule has 4 aliphatic heterocycles. The number of anilines is 5. The minimum Gasteiger partial charge on any atom is -0.495 e. The first-order valence-electron chi connectivity index (χ1n) is 21.7. The number of ether oxygens (including phenoxy) is 2. The van der Waals surface area contributed by atoms with Gasteiger partial charge >= 0.3 is 12.1 Å². The van der Waals surface area contributed by atoms with Crippen LogP contribution in [0.2, 0.25) is 0 Å². The number of likely N-dealkylation sites (tertiary alicyclic amines) is 2. The van der Waals surface area contributed by atoms with Crippen molar-refractivity contribution in [1.29, 1.82) is 0 Å². The Morgan fingerprint density at radius 2 is 1.67 bits per heavy atom. The average molecular weight is 863 g/mol. The summed E-state index contributed by atoms with van der Waals surface area (Å²) in [6, 6.07) is 16.9. The van der Waals surface area contributed by atoms with Gasteiger partial charge in [0.05, 0.1) is 43.8 Å². The zero-order valence-electron chi connectivity index (χ0n) is 36.2. The number of imide groups is 1. The number of nitrogens with one attached hydrogen (secondary N) is 3. The predicted octanol–water partition coefficient (Wildman–Crippen LogP) is 6.11. The van der Waals surface area contributed by atoms with E-state index in [-0.39, 0.29) is 43.0 Å². The molecule has 5 heterocycles. The number of amides is 6. The first-order valence-corrected chi connectivity index (χ1v) is 21.7. The standard InChI is InChI=1S/C46H55FN10O6/c1-29(2)63-36-27-56(28-36)45(60)51-39-25-33(47)24-37(30(39)3)38-11-15-48-44(50-38)49-34-6-8-35(9-7-34)54-21-19-53(20-22-54)26-31-12-16-55(17-13-31)43(59)32-5-10-41(62-4)40(23-32)57-18-14-42(58)52-46(57)61/h5-11,15,23-25,29,31,36H,12-14,16-22,26-28H2,1-4H3,(H,51,60)(H,48,49,50)(H,52,58,61). The van der Waals surface area contributed by atoms with Crippen LogP contribution >= 0.6 is 0 Å². The van der Waals surface area contributed by atoms with Crippen molar-refractivity contribution in [3.8, 4) is 17.0 Å². The van der Waals surface area contributed by atoms with Gasteiger partial charge in [-0.1, -0.05) is 0 Å². The second kappa shape index (κ2) is 19.0. The molecule has 3 N–H and O–H groups in total. The highest BCUT2D eigenvalue weighted by Gasteiger charge is 2.33. The number of aromatic nitrogens is 2. The smallest absolute Gasteiger partial charge is 0.328 e. The number of urea groups is 2. The maximum absolute atomic E-state index is 14.9. The third kappa shape index (κ3) is 10.2. The SMILES string of the molecule is COc1ccc(C(=O)N2CCC(CN3CCN(c4ccc(Nc5nccc(-c6cc(F)cc(NC(=O)N7CC(OC(C)C)C7)c6C)n5)cc4)CC3)CC2)cc1N1CCC(=O)NC1=O. The first-order chi connectivity index (χ1) is 30.4. The van der Waals surface area contributed by atoms with Crippen molar-refractivity contribution < 1.29 is 33.0 Å². The maximum Gasteiger partial charge on any atom is 0.328 e. The van der Waals surface area contributed by atoms with E-state index in [1.165, 1.54) is 24.1 Å². The molecule has 1 aromatic heterocycles. The molecule has 16 nitrogen and oxygen atoms in total. The Hall–Kier alpha value is -6.33. The molecule has 0 spiro atoms. The number of carbonyl (C=O) groups is 4. The summed E-state index contributed by atoms with van der Waals surface area (Å²) in [6.07, 6.45) is 3.74. The molecule has 0 unspecified atom stereocenters. The van der Waals surface area contributed by atoms with Crippen LogP contribution in [0.4, 0.5) is 42.7 Å². The van der Waals surface area contributed by atoms with Crippen LogP contribution in [0.15, 0.2) is 66.9 Å². The largest absolute Gasteiger partial charge is 0.495 e. The van der Waals surface area contributed by atoms with Crippen molar-refractivity contribution in [3.63, 3.8) is 0 Å². The minimum atomic E-state index is -0.523. The molecule has 4 saturated heterocycles. The first kappa shape index (κ1) is 43.3. The highest BCUT2D eigenvalue weighted by atomic mass is 19.1. The molecule has 8 rings (SSSR count). The third-order valence-corrected chi connectivity index (χ3v) is 12.2. The van der Waals surface area contributed by atoms with Crippen LogP contribution in [0.5, 0.6) is 5.75 Å². The summed E-state index contributed by atoms with van der Waals surface area (Å²) in [6.45, 7) is 13.0. The second-order valence-corrected chi connectivity index (χ2v) is 16.9. The van der Waals surface area contributed by atoms with Crippen molar-refractivity contribution in [2.45, 2.75) is 52.2 Å². The molecule has 0 atom stereocenters. The molecular formula is C46H55FN10O6. The van der Waals surface area contributed by atoms with Gasteiger partial charge in [0, 0.05) is 93.2 Å². The van der Waals surface area contributed by atoms with Gasteiger partial charge in [0.2, 0.25) is 11.9 Å². The van der Waals surface area contributed by atoms with E-state index in [9.17, 15) is 23.6 Å². The summed E-state index contributed by atoms with van der Waals surface area (Å²) in [5.74, 6) is 0.446. The highest BCUT2D eigenvalue weighted by Crippen LogP contribution is 2.33. The summed E-state index contributed by atoms with van der Waals surface area (Å²) >= 11 is 0. The van der Waals surface area contributed by atoms with E-state index >= 15 is 0 Å². The van der Waals surface area contributed by atoms with Gasteiger partial charge in [-0.15, -0.1) is 0 Å². The topological polar surface area (TPSA) is 165 Å². The van der Waals surface area contributed by atoms with Gasteiger partial charge in [-0.05, 0) is 106 Å². The molecule has 4 fully saturated rings. The predicted molar refractivity (Wildman–Crippen MR) is 238 cm³/mol. The van der Waals surface area contributed by atoms with Gasteiger partial charge in [-0.25, -0.2) is 23.9 Å². The average Bonchev–Trinajstić information content (AvgIpc) is 3.26. The van der Waals surface area contributed by atoms with Crippen LogP contribution in [-0.2, 0) is 9.53 Å². The molecule has 4 aromatic rings. The third-order valence-electron chi connectivity index (χ3n) is 12.2. The Kier molecular flexibility index (Phi) is 13.0. The fraction of sp³-hybridized carbons (Fsp3) is 0.435. The monoisotopic (exact) mass is 862 g/mol. The Balaban J connectivity index is 0.799. The van der Waals surface area contributed by atoms with Crippen LogP contribution in [-0.4, -0.2) is 133 Å². The molecule has 6 amide bonds. The molecule has 63 heavy (non-hydrogen) atoms. The fourth-order valence-corrected chi connectivity index (χ4v) is 8.68. The van der Waals surface area contributed by atoms with Crippen LogP contribution in [0.3, 0.4) is 0 Å². The maximum atomic E-state index is 14.9. The van der Waals surface area contributed by atoms with E-state index in [2.05, 4.69) is 42.9 Å². The number of halogens is 1. The number of rotatable bonds is 12. The van der Waals surface area contributed by atoms with E-state index in [0.29, 0.717) is 77.6 Å². The molecule has 0 aliphatic carbocycles. The van der Waals surface area contributed by atoms with Crippen LogP contribution in [0, 0.1) is 18.7 Å². The van der Waals surface area contributed by atoms with E-state index in [1.54, 1.807) is 35.4 Å². The van der Waals surface area contributed by atoms with Gasteiger partial charge in [-0.2, -0.15) is 0 Å². The van der Waals surface area contributed by atoms with Gasteiger partial charge < -0.3 is 34.8 Å². The van der Waals surface area contributed by atoms with Crippen LogP contribution in [0.1, 0.15) is 49.0 Å². The number of methoxy groups -OCH3 is 1. The molecule has 0 bridgehead atoms. The summed E-state index contributed by atoms with van der Waals surface area (Å²) in [7, 11) is 1.51. The molecule has 332 valence electrons. The molecule has 17 heteroatoms. The van der Waals surface area contributed by atoms with Crippen LogP contribution < -0.4 is 30.5 Å². The Morgan fingerprint density at radius 1 is 0.921 bits per heavy atom. The van der Waals surface area contributed by atoms with E-state index in [0.717, 1.165) is 56.9 Å². The van der Waals surface area contributed by atoms with Gasteiger partial charge in [-0.3, -0.25) is 24.7 Å². The quantitative estimate of drug-likeness (QED) is 0.151. The fourth-order valence-electron chi connectivity index (χ4n) is 8.68. The van der Waals surface area contributed by atoms with Crippen molar-refractivity contribution >= 4 is 52.6 Å². The zero-order chi connectivity index (χ0) is 44.2. The van der Waals surface area contributed by atoms with E-state index in [4.69, 9.17) is 14.5 Å². The Bertz CT molecular complexity index is 2320. The highest BCUT2D eigenvalue weighted by molar-refractivity contribution is 6.07. The molecule has 0 radical (unpaired) electrons. The number of benzene rings is 3. The number of carbonyl (C=O) groups excluding carboxylic acids is 4. The van der Waals surface area contributed by atoms with E-state index < -0.39 is 11.8 Å². The summed E-state index contributed by atoms with van der Waals surface area (Å²) in [5, 5.41) is 8.48. The lowest BCUT2D eigenvalue weighted by Gasteiger charge is -2.39. The van der Waals surface area contributed by atoms with Crippen LogP contribution in [0.25, 0.3) is 11.3 Å². The van der Waals surface area contributed by atoms with Crippen molar-refractivity contribution in [2.75, 3.05) is 93.0 Å². The lowest BCUT2D eigenvalue weighted by atomic mass is 9.95. The minimum absolute atomic E-state index is 0.00756. The molecular weight excluding hydrogens is 808 g/mol. The van der Waals surface area contributed by atoms with Crippen molar-refractivity contribution in [3.05, 3.63) is 83.8 Å². The Labute approximate surface area is 366 Å². The molecule has 3 aromatic carbocycles. The van der Waals surface area contributed by atoms with Crippen molar-refractivity contribution in [1.82, 2.24) is 30.0 Å².